The van der Waals surface area contributed by atoms with E-state index < -0.39 is 0 Å². The monoisotopic (exact) mass is 361 g/mol. The van der Waals surface area contributed by atoms with Crippen LogP contribution in [0.4, 0.5) is 0 Å². The van der Waals surface area contributed by atoms with Crippen molar-refractivity contribution >= 4 is 21.9 Å². The zero-order valence-electron chi connectivity index (χ0n) is 15.2. The molecule has 5 rings (SSSR count). The summed E-state index contributed by atoms with van der Waals surface area (Å²) in [7, 11) is 0. The van der Waals surface area contributed by atoms with Gasteiger partial charge in [0.2, 0.25) is 0 Å². The number of hydrogen-bond acceptors (Lipinski definition) is 4. The first-order valence-electron chi connectivity index (χ1n) is 9.57. The van der Waals surface area contributed by atoms with Crippen LogP contribution in [0, 0.1) is 0 Å². The van der Waals surface area contributed by atoms with Crippen LogP contribution in [0.25, 0.3) is 21.9 Å². The van der Waals surface area contributed by atoms with E-state index in [-0.39, 0.29) is 0 Å². The SMILES string of the molecule is c1ccc2c(c1)oc1ccc(CN3CCC(OCc4c[nH]cn4)CC3)cc12. The summed E-state index contributed by atoms with van der Waals surface area (Å²) in [5.74, 6) is 0. The van der Waals surface area contributed by atoms with Crippen molar-refractivity contribution in [2.75, 3.05) is 13.1 Å². The van der Waals surface area contributed by atoms with Gasteiger partial charge in [0, 0.05) is 36.6 Å². The Balaban J connectivity index is 1.22. The second-order valence-corrected chi connectivity index (χ2v) is 7.28. The minimum atomic E-state index is 0.332. The van der Waals surface area contributed by atoms with Gasteiger partial charge in [-0.15, -0.1) is 0 Å². The number of furan rings is 1. The van der Waals surface area contributed by atoms with Crippen molar-refractivity contribution in [3.8, 4) is 0 Å². The number of para-hydroxylation sites is 1. The topological polar surface area (TPSA) is 54.3 Å². The molecule has 0 saturated carbocycles. The van der Waals surface area contributed by atoms with Crippen molar-refractivity contribution in [3.05, 3.63) is 66.2 Å². The molecule has 0 amide bonds. The van der Waals surface area contributed by atoms with E-state index in [4.69, 9.17) is 9.15 Å². The fraction of sp³-hybridized carbons (Fsp3) is 0.318. The van der Waals surface area contributed by atoms with E-state index in [2.05, 4.69) is 45.2 Å². The Morgan fingerprint density at radius 1 is 1.07 bits per heavy atom. The average molecular weight is 361 g/mol. The first-order chi connectivity index (χ1) is 13.3. The number of benzene rings is 2. The summed E-state index contributed by atoms with van der Waals surface area (Å²) in [5.41, 5.74) is 4.23. The van der Waals surface area contributed by atoms with Crippen molar-refractivity contribution in [1.29, 1.82) is 0 Å². The number of imidazole rings is 1. The second-order valence-electron chi connectivity index (χ2n) is 7.28. The summed E-state index contributed by atoms with van der Waals surface area (Å²) >= 11 is 0. The maximum Gasteiger partial charge on any atom is 0.135 e. The Labute approximate surface area is 157 Å². The van der Waals surface area contributed by atoms with Gasteiger partial charge in [-0.2, -0.15) is 0 Å². The molecular formula is C22H23N3O2. The fourth-order valence-electron chi connectivity index (χ4n) is 3.94. The van der Waals surface area contributed by atoms with Crippen LogP contribution in [0.1, 0.15) is 24.1 Å². The Morgan fingerprint density at radius 3 is 2.78 bits per heavy atom. The van der Waals surface area contributed by atoms with E-state index in [0.29, 0.717) is 12.7 Å². The zero-order chi connectivity index (χ0) is 18.1. The number of piperidine rings is 1. The molecule has 0 radical (unpaired) electrons. The summed E-state index contributed by atoms with van der Waals surface area (Å²) in [6.45, 7) is 3.70. The first-order valence-corrected chi connectivity index (χ1v) is 9.57. The second kappa shape index (κ2) is 7.18. The number of ether oxygens (including phenoxy) is 1. The maximum atomic E-state index is 6.00. The third-order valence-electron chi connectivity index (χ3n) is 5.40. The highest BCUT2D eigenvalue weighted by Gasteiger charge is 2.20. The Kier molecular flexibility index (Phi) is 4.40. The largest absolute Gasteiger partial charge is 0.456 e. The number of H-pyrrole nitrogens is 1. The number of fused-ring (bicyclic) bond motifs is 3. The third kappa shape index (κ3) is 3.48. The third-order valence-corrected chi connectivity index (χ3v) is 5.40. The van der Waals surface area contributed by atoms with Gasteiger partial charge in [-0.25, -0.2) is 4.98 Å². The molecule has 0 atom stereocenters. The predicted octanol–water partition coefficient (Wildman–Crippen LogP) is 4.49. The molecule has 27 heavy (non-hydrogen) atoms. The van der Waals surface area contributed by atoms with Crippen molar-refractivity contribution in [2.24, 2.45) is 0 Å². The van der Waals surface area contributed by atoms with Crippen LogP contribution in [0.5, 0.6) is 0 Å². The molecule has 0 unspecified atom stereocenters. The highest BCUT2D eigenvalue weighted by molar-refractivity contribution is 6.04. The van der Waals surface area contributed by atoms with Crippen LogP contribution in [0.3, 0.4) is 0 Å². The summed E-state index contributed by atoms with van der Waals surface area (Å²) in [4.78, 5) is 9.69. The van der Waals surface area contributed by atoms with Gasteiger partial charge in [0.05, 0.1) is 24.7 Å². The molecular weight excluding hydrogens is 338 g/mol. The number of nitrogens with one attached hydrogen (secondary N) is 1. The van der Waals surface area contributed by atoms with Crippen LogP contribution in [-0.2, 0) is 17.9 Å². The molecule has 3 heterocycles. The molecule has 4 aromatic rings. The minimum Gasteiger partial charge on any atom is -0.456 e. The summed E-state index contributed by atoms with van der Waals surface area (Å²) in [6, 6.07) is 14.8. The molecule has 0 bridgehead atoms. The molecule has 0 spiro atoms. The van der Waals surface area contributed by atoms with Crippen LogP contribution in [0.15, 0.2) is 59.4 Å². The van der Waals surface area contributed by atoms with E-state index in [9.17, 15) is 0 Å². The van der Waals surface area contributed by atoms with Crippen molar-refractivity contribution in [1.82, 2.24) is 14.9 Å². The molecule has 2 aromatic carbocycles. The molecule has 1 N–H and O–H groups in total. The van der Waals surface area contributed by atoms with E-state index >= 15 is 0 Å². The van der Waals surface area contributed by atoms with Gasteiger partial charge >= 0.3 is 0 Å². The highest BCUT2D eigenvalue weighted by atomic mass is 16.5. The summed E-state index contributed by atoms with van der Waals surface area (Å²) in [5, 5.41) is 2.40. The van der Waals surface area contributed by atoms with Crippen molar-refractivity contribution < 1.29 is 9.15 Å². The molecule has 2 aromatic heterocycles. The standard InChI is InChI=1S/C22H23N3O2/c1-2-4-21-19(3-1)20-11-16(5-6-22(20)27-21)13-25-9-7-18(8-10-25)26-14-17-12-23-15-24-17/h1-6,11-12,15,18H,7-10,13-14H2,(H,23,24). The Morgan fingerprint density at radius 2 is 1.93 bits per heavy atom. The lowest BCUT2D eigenvalue weighted by Gasteiger charge is -2.31. The number of aromatic nitrogens is 2. The lowest BCUT2D eigenvalue weighted by atomic mass is 10.1. The maximum absolute atomic E-state index is 6.00. The van der Waals surface area contributed by atoms with Crippen molar-refractivity contribution in [3.63, 3.8) is 0 Å². The van der Waals surface area contributed by atoms with Gasteiger partial charge in [-0.05, 0) is 36.6 Å². The van der Waals surface area contributed by atoms with Gasteiger partial charge in [0.25, 0.3) is 0 Å². The molecule has 1 aliphatic heterocycles. The van der Waals surface area contributed by atoms with Crippen molar-refractivity contribution in [2.45, 2.75) is 32.1 Å². The van der Waals surface area contributed by atoms with E-state index in [1.165, 1.54) is 16.3 Å². The zero-order valence-corrected chi connectivity index (χ0v) is 15.2. The Hall–Kier alpha value is -2.63. The number of aromatic amines is 1. The van der Waals surface area contributed by atoms with Gasteiger partial charge in [-0.3, -0.25) is 4.90 Å². The van der Waals surface area contributed by atoms with Gasteiger partial charge in [0.15, 0.2) is 0 Å². The normalized spacial score (nSPS) is 16.4. The fourth-order valence-corrected chi connectivity index (χ4v) is 3.94. The first kappa shape index (κ1) is 16.5. The van der Waals surface area contributed by atoms with Gasteiger partial charge in [-0.1, -0.05) is 24.3 Å². The number of hydrogen-bond donors (Lipinski definition) is 1. The molecule has 138 valence electrons. The van der Waals surface area contributed by atoms with Gasteiger partial charge in [0.1, 0.15) is 11.2 Å². The molecule has 1 aliphatic rings. The lowest BCUT2D eigenvalue weighted by Crippen LogP contribution is -2.36. The number of likely N-dealkylation sites (tertiary alicyclic amines) is 1. The summed E-state index contributed by atoms with van der Waals surface area (Å²) < 4.78 is 11.9. The van der Waals surface area contributed by atoms with E-state index in [0.717, 1.165) is 49.3 Å². The highest BCUT2D eigenvalue weighted by Crippen LogP contribution is 2.29. The van der Waals surface area contributed by atoms with Crippen LogP contribution < -0.4 is 0 Å². The predicted molar refractivity (Wildman–Crippen MR) is 105 cm³/mol. The van der Waals surface area contributed by atoms with E-state index in [1.807, 2.05) is 18.3 Å². The minimum absolute atomic E-state index is 0.332. The van der Waals surface area contributed by atoms with Crippen LogP contribution in [-0.4, -0.2) is 34.1 Å². The lowest BCUT2D eigenvalue weighted by molar-refractivity contribution is -0.00510. The Bertz CT molecular complexity index is 1030. The van der Waals surface area contributed by atoms with E-state index in [1.54, 1.807) is 6.33 Å². The molecule has 1 fully saturated rings. The number of nitrogens with zero attached hydrogens (tertiary/aromatic N) is 2. The average Bonchev–Trinajstić information content (AvgIpc) is 3.35. The van der Waals surface area contributed by atoms with Crippen LogP contribution >= 0.6 is 0 Å². The molecule has 5 nitrogen and oxygen atoms in total. The quantitative estimate of drug-likeness (QED) is 0.569. The molecule has 1 saturated heterocycles. The smallest absolute Gasteiger partial charge is 0.135 e. The van der Waals surface area contributed by atoms with Crippen LogP contribution in [0.2, 0.25) is 0 Å². The summed E-state index contributed by atoms with van der Waals surface area (Å²) in [6.07, 6.45) is 6.06. The van der Waals surface area contributed by atoms with Gasteiger partial charge < -0.3 is 14.1 Å². The molecule has 5 heteroatoms. The molecule has 0 aliphatic carbocycles. The number of rotatable bonds is 5.